The van der Waals surface area contributed by atoms with Crippen molar-refractivity contribution < 1.29 is 4.42 Å². The molecule has 1 aromatic rings. The molecular weight excluding hydrogens is 174 g/mol. The second kappa shape index (κ2) is 2.51. The Hall–Kier alpha value is -0.470. The fraction of sp³-hybridized carbons (Fsp3) is 0.556. The molecule has 1 aliphatic carbocycles. The fourth-order valence-electron chi connectivity index (χ4n) is 1.64. The second-order valence-corrected chi connectivity index (χ2v) is 3.92. The predicted octanol–water partition coefficient (Wildman–Crippen LogP) is 2.31. The van der Waals surface area contributed by atoms with Crippen LogP contribution in [-0.4, -0.2) is 6.04 Å². The van der Waals surface area contributed by atoms with Gasteiger partial charge in [-0.25, -0.2) is 0 Å². The zero-order chi connectivity index (χ0) is 8.77. The standard InChI is InChI=1S/C9H12ClNO/c1-6(11)9(4-5-9)7-2-3-8(10)12-7/h2-3,6H,4-5,11H2,1H3. The number of halogens is 1. The molecule has 2 rings (SSSR count). The minimum atomic E-state index is 0.0904. The summed E-state index contributed by atoms with van der Waals surface area (Å²) in [7, 11) is 0. The van der Waals surface area contributed by atoms with E-state index in [1.807, 2.05) is 13.0 Å². The smallest absolute Gasteiger partial charge is 0.193 e. The quantitative estimate of drug-likeness (QED) is 0.768. The molecule has 2 nitrogen and oxygen atoms in total. The average Bonchev–Trinajstić information content (AvgIpc) is 2.71. The molecule has 1 fully saturated rings. The van der Waals surface area contributed by atoms with E-state index in [0.29, 0.717) is 5.22 Å². The molecule has 1 unspecified atom stereocenters. The first-order valence-electron chi connectivity index (χ1n) is 4.16. The van der Waals surface area contributed by atoms with Crippen molar-refractivity contribution in [3.05, 3.63) is 23.1 Å². The Morgan fingerprint density at radius 1 is 1.58 bits per heavy atom. The van der Waals surface area contributed by atoms with E-state index in [-0.39, 0.29) is 11.5 Å². The van der Waals surface area contributed by atoms with Crippen LogP contribution in [0, 0.1) is 0 Å². The van der Waals surface area contributed by atoms with Gasteiger partial charge in [0, 0.05) is 11.5 Å². The predicted molar refractivity (Wildman–Crippen MR) is 48.3 cm³/mol. The summed E-state index contributed by atoms with van der Waals surface area (Å²) >= 11 is 5.69. The lowest BCUT2D eigenvalue weighted by atomic mass is 9.96. The Morgan fingerprint density at radius 2 is 2.25 bits per heavy atom. The molecule has 0 aliphatic heterocycles. The van der Waals surface area contributed by atoms with Crippen LogP contribution in [0.2, 0.25) is 5.22 Å². The second-order valence-electron chi connectivity index (χ2n) is 3.55. The molecule has 0 bridgehead atoms. The van der Waals surface area contributed by atoms with Crippen molar-refractivity contribution >= 4 is 11.6 Å². The molecule has 66 valence electrons. The van der Waals surface area contributed by atoms with Crippen LogP contribution in [0.15, 0.2) is 16.5 Å². The van der Waals surface area contributed by atoms with E-state index < -0.39 is 0 Å². The lowest BCUT2D eigenvalue weighted by Gasteiger charge is -2.15. The van der Waals surface area contributed by atoms with Crippen LogP contribution < -0.4 is 5.73 Å². The summed E-state index contributed by atoms with van der Waals surface area (Å²) in [5.74, 6) is 0.947. The summed E-state index contributed by atoms with van der Waals surface area (Å²) in [6.45, 7) is 2.02. The Morgan fingerprint density at radius 3 is 2.58 bits per heavy atom. The summed E-state index contributed by atoms with van der Waals surface area (Å²) in [6, 6.07) is 3.86. The Balaban J connectivity index is 2.30. The van der Waals surface area contributed by atoms with Crippen molar-refractivity contribution in [3.63, 3.8) is 0 Å². The van der Waals surface area contributed by atoms with Gasteiger partial charge in [0.05, 0.1) is 0 Å². The van der Waals surface area contributed by atoms with E-state index >= 15 is 0 Å². The van der Waals surface area contributed by atoms with Gasteiger partial charge in [-0.15, -0.1) is 0 Å². The highest BCUT2D eigenvalue weighted by Gasteiger charge is 2.50. The first-order chi connectivity index (χ1) is 5.65. The molecule has 0 amide bonds. The first kappa shape index (κ1) is 8.14. The minimum Gasteiger partial charge on any atom is -0.449 e. The van der Waals surface area contributed by atoms with Gasteiger partial charge in [-0.1, -0.05) is 0 Å². The molecule has 0 radical (unpaired) electrons. The van der Waals surface area contributed by atoms with E-state index in [1.54, 1.807) is 6.07 Å². The zero-order valence-electron chi connectivity index (χ0n) is 7.01. The molecule has 1 saturated carbocycles. The Kier molecular flexibility index (Phi) is 1.70. The van der Waals surface area contributed by atoms with Crippen molar-refractivity contribution in [2.45, 2.75) is 31.2 Å². The van der Waals surface area contributed by atoms with Gasteiger partial charge in [0.1, 0.15) is 5.76 Å². The maximum absolute atomic E-state index is 5.87. The molecule has 2 N–H and O–H groups in total. The van der Waals surface area contributed by atoms with Gasteiger partial charge in [0.2, 0.25) is 0 Å². The summed E-state index contributed by atoms with van der Waals surface area (Å²) < 4.78 is 5.36. The molecule has 1 heterocycles. The SMILES string of the molecule is CC(N)C1(c2ccc(Cl)o2)CC1. The van der Waals surface area contributed by atoms with Gasteiger partial charge in [-0.05, 0) is 43.5 Å². The van der Waals surface area contributed by atoms with Gasteiger partial charge in [-0.2, -0.15) is 0 Å². The van der Waals surface area contributed by atoms with Gasteiger partial charge in [-0.3, -0.25) is 0 Å². The molecule has 1 aromatic heterocycles. The maximum atomic E-state index is 5.87. The van der Waals surface area contributed by atoms with Crippen LogP contribution in [0.3, 0.4) is 0 Å². The van der Waals surface area contributed by atoms with E-state index in [9.17, 15) is 0 Å². The minimum absolute atomic E-state index is 0.0904. The third kappa shape index (κ3) is 1.06. The zero-order valence-corrected chi connectivity index (χ0v) is 7.77. The highest BCUT2D eigenvalue weighted by molar-refractivity contribution is 6.28. The fourth-order valence-corrected chi connectivity index (χ4v) is 1.79. The molecule has 0 aromatic carbocycles. The number of hydrogen-bond donors (Lipinski definition) is 1. The van der Waals surface area contributed by atoms with E-state index in [4.69, 9.17) is 21.8 Å². The summed E-state index contributed by atoms with van der Waals surface area (Å²) in [4.78, 5) is 0. The van der Waals surface area contributed by atoms with Crippen LogP contribution in [-0.2, 0) is 5.41 Å². The summed E-state index contributed by atoms with van der Waals surface area (Å²) in [5, 5.41) is 0.455. The van der Waals surface area contributed by atoms with Crippen molar-refractivity contribution in [2.75, 3.05) is 0 Å². The molecule has 12 heavy (non-hydrogen) atoms. The van der Waals surface area contributed by atoms with Crippen LogP contribution in [0.1, 0.15) is 25.5 Å². The first-order valence-corrected chi connectivity index (χ1v) is 4.54. The monoisotopic (exact) mass is 185 g/mol. The number of furan rings is 1. The summed E-state index contributed by atoms with van der Waals surface area (Å²) in [6.07, 6.45) is 2.24. The van der Waals surface area contributed by atoms with Crippen LogP contribution in [0.4, 0.5) is 0 Å². The van der Waals surface area contributed by atoms with Crippen molar-refractivity contribution in [1.82, 2.24) is 0 Å². The lowest BCUT2D eigenvalue weighted by molar-refractivity contribution is 0.415. The molecular formula is C9H12ClNO. The van der Waals surface area contributed by atoms with Crippen molar-refractivity contribution in [3.8, 4) is 0 Å². The average molecular weight is 186 g/mol. The highest BCUT2D eigenvalue weighted by Crippen LogP contribution is 2.50. The van der Waals surface area contributed by atoms with Gasteiger partial charge < -0.3 is 10.2 Å². The van der Waals surface area contributed by atoms with Crippen LogP contribution in [0.25, 0.3) is 0 Å². The molecule has 0 spiro atoms. The Labute approximate surface area is 76.7 Å². The third-order valence-corrected chi connectivity index (χ3v) is 2.93. The van der Waals surface area contributed by atoms with E-state index in [0.717, 1.165) is 18.6 Å². The molecule has 0 saturated heterocycles. The third-order valence-electron chi connectivity index (χ3n) is 2.72. The number of rotatable bonds is 2. The Bertz CT molecular complexity index is 288. The number of hydrogen-bond acceptors (Lipinski definition) is 2. The molecule has 1 aliphatic rings. The summed E-state index contributed by atoms with van der Waals surface area (Å²) in [5.41, 5.74) is 5.96. The van der Waals surface area contributed by atoms with Gasteiger partial charge >= 0.3 is 0 Å². The van der Waals surface area contributed by atoms with Crippen LogP contribution >= 0.6 is 11.6 Å². The highest BCUT2D eigenvalue weighted by atomic mass is 35.5. The molecule has 3 heteroatoms. The normalized spacial score (nSPS) is 22.2. The lowest BCUT2D eigenvalue weighted by Crippen LogP contribution is -2.31. The maximum Gasteiger partial charge on any atom is 0.193 e. The van der Waals surface area contributed by atoms with E-state index in [1.165, 1.54) is 0 Å². The topological polar surface area (TPSA) is 39.2 Å². The van der Waals surface area contributed by atoms with Gasteiger partial charge in [0.15, 0.2) is 5.22 Å². The van der Waals surface area contributed by atoms with Gasteiger partial charge in [0.25, 0.3) is 0 Å². The molecule has 1 atom stereocenters. The van der Waals surface area contributed by atoms with Crippen LogP contribution in [0.5, 0.6) is 0 Å². The van der Waals surface area contributed by atoms with Crippen molar-refractivity contribution in [1.29, 1.82) is 0 Å². The van der Waals surface area contributed by atoms with E-state index in [2.05, 4.69) is 0 Å². The van der Waals surface area contributed by atoms with Crippen molar-refractivity contribution in [2.24, 2.45) is 5.73 Å². The number of nitrogens with two attached hydrogens (primary N) is 1. The largest absolute Gasteiger partial charge is 0.449 e.